The zero-order valence-corrected chi connectivity index (χ0v) is 23.0. The molecule has 3 fully saturated rings. The Morgan fingerprint density at radius 3 is 1.95 bits per heavy atom. The molecule has 3 aliphatic rings. The smallest absolute Gasteiger partial charge is 0.258 e. The van der Waals surface area contributed by atoms with E-state index in [0.29, 0.717) is 38.0 Å². The number of hydrogen-bond donors (Lipinski definition) is 2. The number of fused-ring (bicyclic) bond motifs is 3. The van der Waals surface area contributed by atoms with Crippen LogP contribution in [0.5, 0.6) is 11.5 Å². The number of hydrogen-bond acceptors (Lipinski definition) is 6. The number of carbonyl (C=O) groups excluding carboxylic acids is 2. The highest BCUT2D eigenvalue weighted by atomic mass is 35.5. The van der Waals surface area contributed by atoms with Crippen LogP contribution in [0.4, 0.5) is 8.78 Å². The van der Waals surface area contributed by atoms with Crippen LogP contribution in [0.15, 0.2) is 36.4 Å². The van der Waals surface area contributed by atoms with Crippen molar-refractivity contribution in [2.24, 2.45) is 0 Å². The number of halogens is 4. The second kappa shape index (κ2) is 12.3. The fourth-order valence-electron chi connectivity index (χ4n) is 5.08. The lowest BCUT2D eigenvalue weighted by Gasteiger charge is -2.57. The SMILES string of the molecule is CSCO[C@@H]1CC2(NC(=O)COc3ccc(Cl)c(F)c3)CCC1(NC(=O)COc1ccc(Cl)c(F)c1)CC2. The maximum atomic E-state index is 13.7. The van der Waals surface area contributed by atoms with E-state index in [-0.39, 0.29) is 52.7 Å². The number of rotatable bonds is 11. The monoisotopic (exact) mass is 588 g/mol. The molecule has 0 aromatic heterocycles. The first-order chi connectivity index (χ1) is 18.1. The molecule has 2 aromatic carbocycles. The van der Waals surface area contributed by atoms with Gasteiger partial charge in [-0.05, 0) is 62.6 Å². The van der Waals surface area contributed by atoms with Crippen molar-refractivity contribution in [3.8, 4) is 11.5 Å². The van der Waals surface area contributed by atoms with Gasteiger partial charge in [-0.2, -0.15) is 0 Å². The third-order valence-electron chi connectivity index (χ3n) is 6.99. The zero-order valence-electron chi connectivity index (χ0n) is 20.7. The van der Waals surface area contributed by atoms with E-state index in [2.05, 4.69) is 10.6 Å². The third-order valence-corrected chi connectivity index (χ3v) is 7.98. The van der Waals surface area contributed by atoms with Gasteiger partial charge in [0.25, 0.3) is 11.8 Å². The largest absolute Gasteiger partial charge is 0.484 e. The predicted molar refractivity (Wildman–Crippen MR) is 142 cm³/mol. The van der Waals surface area contributed by atoms with Crippen LogP contribution in [0.1, 0.15) is 32.1 Å². The Labute approximate surface area is 233 Å². The van der Waals surface area contributed by atoms with Gasteiger partial charge in [0.15, 0.2) is 13.2 Å². The summed E-state index contributed by atoms with van der Waals surface area (Å²) in [6.07, 6.45) is 4.56. The van der Waals surface area contributed by atoms with Crippen LogP contribution in [0.3, 0.4) is 0 Å². The van der Waals surface area contributed by atoms with Crippen molar-refractivity contribution in [2.75, 3.05) is 25.4 Å². The van der Waals surface area contributed by atoms with Gasteiger partial charge in [0.05, 0.1) is 27.6 Å². The molecule has 0 unspecified atom stereocenters. The summed E-state index contributed by atoms with van der Waals surface area (Å²) in [6, 6.07) is 7.98. The fourth-order valence-corrected chi connectivity index (χ4v) is 5.61. The van der Waals surface area contributed by atoms with Gasteiger partial charge in [-0.3, -0.25) is 9.59 Å². The van der Waals surface area contributed by atoms with Gasteiger partial charge in [-0.15, -0.1) is 11.8 Å². The van der Waals surface area contributed by atoms with E-state index < -0.39 is 22.7 Å². The summed E-state index contributed by atoms with van der Waals surface area (Å²) in [4.78, 5) is 25.6. The van der Waals surface area contributed by atoms with Crippen LogP contribution in [0.2, 0.25) is 10.0 Å². The van der Waals surface area contributed by atoms with Gasteiger partial charge >= 0.3 is 0 Å². The van der Waals surface area contributed by atoms with Gasteiger partial charge in [0.1, 0.15) is 23.1 Å². The highest BCUT2D eigenvalue weighted by molar-refractivity contribution is 7.98. The van der Waals surface area contributed by atoms with Crippen molar-refractivity contribution in [1.82, 2.24) is 10.6 Å². The molecule has 0 saturated heterocycles. The molecule has 3 saturated carbocycles. The lowest BCUT2D eigenvalue weighted by atomic mass is 9.59. The lowest BCUT2D eigenvalue weighted by molar-refractivity contribution is -0.140. The second-order valence-electron chi connectivity index (χ2n) is 9.53. The van der Waals surface area contributed by atoms with Crippen molar-refractivity contribution >= 4 is 46.8 Å². The zero-order chi connectivity index (χ0) is 27.3. The minimum atomic E-state index is -0.627. The van der Waals surface area contributed by atoms with E-state index in [1.54, 1.807) is 0 Å². The highest BCUT2D eigenvalue weighted by Crippen LogP contribution is 2.48. The number of carbonyl (C=O) groups is 2. The molecule has 12 heteroatoms. The van der Waals surface area contributed by atoms with Gasteiger partial charge in [-0.1, -0.05) is 23.2 Å². The van der Waals surface area contributed by atoms with Crippen LogP contribution in [-0.2, 0) is 14.3 Å². The third kappa shape index (κ3) is 6.83. The molecular weight excluding hydrogens is 561 g/mol. The summed E-state index contributed by atoms with van der Waals surface area (Å²) in [5.41, 5.74) is -1.11. The lowest BCUT2D eigenvalue weighted by Crippen LogP contribution is -2.71. The Balaban J connectivity index is 1.35. The molecule has 206 valence electrons. The van der Waals surface area contributed by atoms with E-state index in [0.717, 1.165) is 12.1 Å². The van der Waals surface area contributed by atoms with Crippen LogP contribution in [-0.4, -0.2) is 54.4 Å². The maximum Gasteiger partial charge on any atom is 0.258 e. The van der Waals surface area contributed by atoms with Crippen molar-refractivity contribution in [1.29, 1.82) is 0 Å². The molecule has 7 nitrogen and oxygen atoms in total. The van der Waals surface area contributed by atoms with Crippen LogP contribution in [0.25, 0.3) is 0 Å². The van der Waals surface area contributed by atoms with Gasteiger partial charge in [0.2, 0.25) is 0 Å². The molecule has 2 aromatic rings. The molecule has 0 heterocycles. The van der Waals surface area contributed by atoms with E-state index in [1.807, 2.05) is 6.26 Å². The average molecular weight is 589 g/mol. The van der Waals surface area contributed by atoms with Crippen LogP contribution in [0, 0.1) is 11.6 Å². The fraction of sp³-hybridized carbons (Fsp3) is 0.462. The van der Waals surface area contributed by atoms with Gasteiger partial charge < -0.3 is 24.8 Å². The Kier molecular flexibility index (Phi) is 9.28. The summed E-state index contributed by atoms with van der Waals surface area (Å²) in [5, 5.41) is 6.14. The Hall–Kier alpha value is -2.27. The first-order valence-electron chi connectivity index (χ1n) is 12.0. The Morgan fingerprint density at radius 1 is 0.921 bits per heavy atom. The highest BCUT2D eigenvalue weighted by Gasteiger charge is 2.56. The molecule has 5 rings (SSSR count). The molecule has 0 aliphatic heterocycles. The Morgan fingerprint density at radius 2 is 1.45 bits per heavy atom. The number of ether oxygens (including phenoxy) is 3. The number of nitrogens with one attached hydrogen (secondary N) is 2. The maximum absolute atomic E-state index is 13.7. The van der Waals surface area contributed by atoms with Crippen molar-refractivity contribution in [3.05, 3.63) is 58.1 Å². The molecule has 1 atom stereocenters. The molecule has 38 heavy (non-hydrogen) atoms. The van der Waals surface area contributed by atoms with Gasteiger partial charge in [0, 0.05) is 17.7 Å². The van der Waals surface area contributed by atoms with Crippen molar-refractivity contribution < 1.29 is 32.6 Å². The van der Waals surface area contributed by atoms with E-state index in [9.17, 15) is 18.4 Å². The number of benzene rings is 2. The molecule has 2 amide bonds. The van der Waals surface area contributed by atoms with Crippen LogP contribution >= 0.6 is 35.0 Å². The quantitative estimate of drug-likeness (QED) is 0.354. The van der Waals surface area contributed by atoms with E-state index >= 15 is 0 Å². The van der Waals surface area contributed by atoms with E-state index in [4.69, 9.17) is 37.4 Å². The molecule has 0 spiro atoms. The normalized spacial score (nSPS) is 24.1. The molecular formula is C26H28Cl2F2N2O5S. The molecule has 3 aliphatic carbocycles. The predicted octanol–water partition coefficient (Wildman–Crippen LogP) is 5.12. The summed E-state index contributed by atoms with van der Waals surface area (Å²) in [5.74, 6) is -1.09. The van der Waals surface area contributed by atoms with E-state index in [1.165, 1.54) is 36.0 Å². The number of thioether (sulfide) groups is 1. The first kappa shape index (κ1) is 28.7. The van der Waals surface area contributed by atoms with Crippen molar-refractivity contribution in [2.45, 2.75) is 49.3 Å². The van der Waals surface area contributed by atoms with Gasteiger partial charge in [-0.25, -0.2) is 8.78 Å². The Bertz CT molecular complexity index is 1180. The minimum absolute atomic E-state index is 0.0256. The average Bonchev–Trinajstić information content (AvgIpc) is 2.89. The first-order valence-corrected chi connectivity index (χ1v) is 14.2. The number of amides is 2. The molecule has 2 bridgehead atoms. The van der Waals surface area contributed by atoms with Crippen LogP contribution < -0.4 is 20.1 Å². The molecule has 0 radical (unpaired) electrons. The standard InChI is InChI=1S/C26H28Cl2F2N2O5S/c1-38-15-37-22-12-25(31-23(33)13-35-16-2-4-18(27)20(29)10-16)6-8-26(22,9-7-25)32-24(34)14-36-17-3-5-19(28)21(30)11-17/h2-5,10-11,22H,6-9,12-15H2,1H3,(H,31,33)(H,32,34)/t22-,25?,26?/m1/s1. The molecule has 2 N–H and O–H groups in total. The summed E-state index contributed by atoms with van der Waals surface area (Å²) in [6.45, 7) is -0.563. The minimum Gasteiger partial charge on any atom is -0.484 e. The van der Waals surface area contributed by atoms with Crippen molar-refractivity contribution in [3.63, 3.8) is 0 Å². The summed E-state index contributed by atoms with van der Waals surface area (Å²) < 4.78 is 44.3. The topological polar surface area (TPSA) is 85.9 Å². The summed E-state index contributed by atoms with van der Waals surface area (Å²) in [7, 11) is 0. The second-order valence-corrected chi connectivity index (χ2v) is 11.2. The summed E-state index contributed by atoms with van der Waals surface area (Å²) >= 11 is 12.9.